The Bertz CT molecular complexity index is 461. The van der Waals surface area contributed by atoms with Crippen LogP contribution in [0.5, 0.6) is 0 Å². The van der Waals surface area contributed by atoms with Gasteiger partial charge in [-0.05, 0) is 36.2 Å². The van der Waals surface area contributed by atoms with E-state index in [4.69, 9.17) is 0 Å². The van der Waals surface area contributed by atoms with Gasteiger partial charge in [0.1, 0.15) is 0 Å². The highest BCUT2D eigenvalue weighted by Crippen LogP contribution is 2.65. The van der Waals surface area contributed by atoms with Crippen LogP contribution >= 0.6 is 0 Å². The van der Waals surface area contributed by atoms with Gasteiger partial charge in [0.2, 0.25) is 0 Å². The first-order valence-electron chi connectivity index (χ1n) is 7.75. The molecule has 2 fully saturated rings. The van der Waals surface area contributed by atoms with Crippen molar-refractivity contribution in [3.8, 4) is 0 Å². The van der Waals surface area contributed by atoms with Gasteiger partial charge >= 0.3 is 5.97 Å². The molecule has 2 bridgehead atoms. The van der Waals surface area contributed by atoms with Crippen molar-refractivity contribution in [1.82, 2.24) is 0 Å². The Labute approximate surface area is 121 Å². The number of aliphatic carboxylic acids is 1. The van der Waals surface area contributed by atoms with Crippen LogP contribution in [-0.4, -0.2) is 16.9 Å². The third kappa shape index (κ3) is 2.02. The summed E-state index contributed by atoms with van der Waals surface area (Å²) >= 11 is 0. The van der Waals surface area contributed by atoms with Crippen LogP contribution in [0, 0.1) is 22.7 Å². The third-order valence-electron chi connectivity index (χ3n) is 5.93. The zero-order valence-electron chi connectivity index (χ0n) is 13.0. The van der Waals surface area contributed by atoms with Crippen molar-refractivity contribution in [1.29, 1.82) is 0 Å². The standard InChI is InChI=1S/C17H26O3/c1-5-6-7-11(15(19)20)10-12-13-8-9-17(4,14(12)18)16(13,2)3/h10-11,13H,5-9H2,1-4H3,(H,19,20)/b12-10-/t11-,13+,17+/m0/s1. The Morgan fingerprint density at radius 3 is 2.55 bits per heavy atom. The normalized spacial score (nSPS) is 34.7. The van der Waals surface area contributed by atoms with Crippen molar-refractivity contribution >= 4 is 11.8 Å². The molecular weight excluding hydrogens is 252 g/mol. The van der Waals surface area contributed by atoms with Crippen molar-refractivity contribution in [2.45, 2.75) is 59.8 Å². The number of hydrogen-bond acceptors (Lipinski definition) is 2. The summed E-state index contributed by atoms with van der Waals surface area (Å²) in [5.41, 5.74) is 0.466. The number of fused-ring (bicyclic) bond motifs is 2. The number of rotatable bonds is 5. The first kappa shape index (κ1) is 15.3. The minimum atomic E-state index is -0.801. The van der Waals surface area contributed by atoms with Crippen LogP contribution in [0.25, 0.3) is 0 Å². The molecule has 0 aromatic carbocycles. The molecule has 2 aliphatic carbocycles. The highest BCUT2D eigenvalue weighted by Gasteiger charge is 2.63. The van der Waals surface area contributed by atoms with E-state index in [-0.39, 0.29) is 22.5 Å². The average Bonchev–Trinajstić information content (AvgIpc) is 2.67. The second kappa shape index (κ2) is 5.01. The van der Waals surface area contributed by atoms with E-state index < -0.39 is 11.9 Å². The molecule has 20 heavy (non-hydrogen) atoms. The van der Waals surface area contributed by atoms with E-state index in [1.54, 1.807) is 6.08 Å². The summed E-state index contributed by atoms with van der Waals surface area (Å²) in [7, 11) is 0. The highest BCUT2D eigenvalue weighted by molar-refractivity contribution is 6.05. The molecule has 2 rings (SSSR count). The SMILES string of the molecule is CCCC[C@@H](/C=C1\C(=O)[C@@]2(C)CC[C@H]1C2(C)C)C(=O)O. The minimum absolute atomic E-state index is 0.0380. The van der Waals surface area contributed by atoms with Crippen LogP contribution < -0.4 is 0 Å². The molecule has 2 saturated carbocycles. The Kier molecular flexibility index (Phi) is 3.83. The van der Waals surface area contributed by atoms with Crippen molar-refractivity contribution in [2.24, 2.45) is 22.7 Å². The van der Waals surface area contributed by atoms with Crippen LogP contribution in [0.2, 0.25) is 0 Å². The molecule has 0 aliphatic heterocycles. The maximum Gasteiger partial charge on any atom is 0.310 e. The van der Waals surface area contributed by atoms with Crippen LogP contribution in [0.4, 0.5) is 0 Å². The molecule has 3 nitrogen and oxygen atoms in total. The van der Waals surface area contributed by atoms with Gasteiger partial charge in [-0.15, -0.1) is 0 Å². The summed E-state index contributed by atoms with van der Waals surface area (Å²) in [5, 5.41) is 9.36. The van der Waals surface area contributed by atoms with Gasteiger partial charge in [0, 0.05) is 5.41 Å². The van der Waals surface area contributed by atoms with Crippen LogP contribution in [-0.2, 0) is 9.59 Å². The maximum absolute atomic E-state index is 12.7. The molecule has 2 aliphatic rings. The number of ketones is 1. The van der Waals surface area contributed by atoms with E-state index >= 15 is 0 Å². The van der Waals surface area contributed by atoms with Crippen molar-refractivity contribution in [3.05, 3.63) is 11.6 Å². The number of unbranched alkanes of at least 4 members (excludes halogenated alkanes) is 1. The lowest BCUT2D eigenvalue weighted by Crippen LogP contribution is -2.32. The number of allylic oxidation sites excluding steroid dienone is 1. The topological polar surface area (TPSA) is 54.4 Å². The number of carbonyl (C=O) groups excluding carboxylic acids is 1. The monoisotopic (exact) mass is 278 g/mol. The zero-order chi connectivity index (χ0) is 15.1. The molecule has 0 spiro atoms. The van der Waals surface area contributed by atoms with Crippen LogP contribution in [0.3, 0.4) is 0 Å². The molecule has 3 heteroatoms. The van der Waals surface area contributed by atoms with Gasteiger partial charge < -0.3 is 5.11 Å². The van der Waals surface area contributed by atoms with Gasteiger partial charge in [0.15, 0.2) is 5.78 Å². The largest absolute Gasteiger partial charge is 0.481 e. The maximum atomic E-state index is 12.7. The molecule has 112 valence electrons. The number of carboxylic acids is 1. The summed E-state index contributed by atoms with van der Waals surface area (Å²) in [6, 6.07) is 0. The molecule has 3 atom stereocenters. The average molecular weight is 278 g/mol. The van der Waals surface area contributed by atoms with Gasteiger partial charge in [-0.25, -0.2) is 0 Å². The zero-order valence-corrected chi connectivity index (χ0v) is 13.0. The molecule has 0 amide bonds. The summed E-state index contributed by atoms with van der Waals surface area (Å²) in [6.45, 7) is 8.42. The molecule has 0 aromatic heterocycles. The van der Waals surface area contributed by atoms with E-state index in [1.165, 1.54) is 0 Å². The quantitative estimate of drug-likeness (QED) is 0.778. The van der Waals surface area contributed by atoms with Crippen molar-refractivity contribution in [3.63, 3.8) is 0 Å². The lowest BCUT2D eigenvalue weighted by atomic mass is 9.70. The van der Waals surface area contributed by atoms with Gasteiger partial charge in [0.05, 0.1) is 5.92 Å². The fraction of sp³-hybridized carbons (Fsp3) is 0.765. The first-order valence-corrected chi connectivity index (χ1v) is 7.75. The van der Waals surface area contributed by atoms with Gasteiger partial charge in [-0.1, -0.05) is 46.6 Å². The van der Waals surface area contributed by atoms with E-state index in [2.05, 4.69) is 27.7 Å². The number of carbonyl (C=O) groups is 2. The lowest BCUT2D eigenvalue weighted by Gasteiger charge is -2.31. The van der Waals surface area contributed by atoms with E-state index in [9.17, 15) is 14.7 Å². The second-order valence-electron chi connectivity index (χ2n) is 7.18. The van der Waals surface area contributed by atoms with E-state index in [1.807, 2.05) is 0 Å². The second-order valence-corrected chi connectivity index (χ2v) is 7.18. The number of carboxylic acid groups (broad SMARTS) is 1. The fourth-order valence-electron chi connectivity index (χ4n) is 4.04. The summed E-state index contributed by atoms with van der Waals surface area (Å²) in [6.07, 6.45) is 6.23. The fourth-order valence-corrected chi connectivity index (χ4v) is 4.04. The molecule has 0 heterocycles. The molecule has 0 radical (unpaired) electrons. The molecule has 0 saturated heterocycles. The predicted octanol–water partition coefficient (Wildman–Crippen LogP) is 3.83. The molecule has 0 unspecified atom stereocenters. The van der Waals surface area contributed by atoms with Gasteiger partial charge in [-0.2, -0.15) is 0 Å². The third-order valence-corrected chi connectivity index (χ3v) is 5.93. The summed E-state index contributed by atoms with van der Waals surface area (Å²) in [5.74, 6) is -0.873. The van der Waals surface area contributed by atoms with E-state index in [0.717, 1.165) is 31.3 Å². The van der Waals surface area contributed by atoms with Crippen LogP contribution in [0.15, 0.2) is 11.6 Å². The predicted molar refractivity (Wildman–Crippen MR) is 78.4 cm³/mol. The smallest absolute Gasteiger partial charge is 0.310 e. The molecule has 1 N–H and O–H groups in total. The van der Waals surface area contributed by atoms with E-state index in [0.29, 0.717) is 6.42 Å². The Morgan fingerprint density at radius 2 is 2.10 bits per heavy atom. The van der Waals surface area contributed by atoms with Gasteiger partial charge in [0.25, 0.3) is 0 Å². The van der Waals surface area contributed by atoms with Crippen molar-refractivity contribution in [2.75, 3.05) is 0 Å². The van der Waals surface area contributed by atoms with Crippen LogP contribution in [0.1, 0.15) is 59.8 Å². The Hall–Kier alpha value is -1.12. The van der Waals surface area contributed by atoms with Gasteiger partial charge in [-0.3, -0.25) is 9.59 Å². The Morgan fingerprint density at radius 1 is 1.45 bits per heavy atom. The number of hydrogen-bond donors (Lipinski definition) is 1. The number of Topliss-reactive ketones (excluding diaryl/α,β-unsaturated/α-hetero) is 1. The van der Waals surface area contributed by atoms with Crippen molar-refractivity contribution < 1.29 is 14.7 Å². The minimum Gasteiger partial charge on any atom is -0.481 e. The summed E-state index contributed by atoms with van der Waals surface area (Å²) < 4.78 is 0. The highest BCUT2D eigenvalue weighted by atomic mass is 16.4. The molecular formula is C17H26O3. The summed E-state index contributed by atoms with van der Waals surface area (Å²) in [4.78, 5) is 24.1. The Balaban J connectivity index is 2.31. The lowest BCUT2D eigenvalue weighted by molar-refractivity contribution is -0.140. The first-order chi connectivity index (χ1) is 9.25. The molecule has 0 aromatic rings.